The Kier molecular flexibility index (Phi) is 8.59. The predicted molar refractivity (Wildman–Crippen MR) is 163 cm³/mol. The Bertz CT molecular complexity index is 1720. The number of aromatic nitrogens is 1. The number of benzene rings is 3. The number of nitrogens with zero attached hydrogens (tertiary/aromatic N) is 5. The number of nitro benzene ring substituents is 1. The summed E-state index contributed by atoms with van der Waals surface area (Å²) in [7, 11) is -2.10. The number of hydrazone groups is 1. The number of rotatable bonds is 8. The van der Waals surface area contributed by atoms with Gasteiger partial charge in [0.1, 0.15) is 0 Å². The number of sulfonamides is 1. The molecule has 4 aromatic rings. The maximum atomic E-state index is 13.7. The van der Waals surface area contributed by atoms with Crippen LogP contribution in [0.3, 0.4) is 0 Å². The van der Waals surface area contributed by atoms with E-state index < -0.39 is 20.9 Å². The quantitative estimate of drug-likeness (QED) is 0.120. The van der Waals surface area contributed by atoms with E-state index in [4.69, 9.17) is 0 Å². The lowest BCUT2D eigenvalue weighted by Crippen LogP contribution is -2.38. The monoisotopic (exact) mass is 655 g/mol. The van der Waals surface area contributed by atoms with Gasteiger partial charge in [-0.1, -0.05) is 46.5 Å². The maximum absolute atomic E-state index is 13.7. The smallest absolute Gasteiger partial charge is 0.267 e. The molecule has 3 aromatic carbocycles. The number of hydrogen-bond donors (Lipinski definition) is 0. The van der Waals surface area contributed by atoms with Crippen molar-refractivity contribution in [2.45, 2.75) is 43.0 Å². The summed E-state index contributed by atoms with van der Waals surface area (Å²) in [4.78, 5) is 28.9. The molecule has 1 fully saturated rings. The molecule has 0 atom stereocenters. The van der Waals surface area contributed by atoms with Gasteiger partial charge in [-0.05, 0) is 73.0 Å². The van der Waals surface area contributed by atoms with Gasteiger partial charge in [0.2, 0.25) is 15.2 Å². The number of thiazole rings is 1. The van der Waals surface area contributed by atoms with Crippen LogP contribution in [0, 0.1) is 10.1 Å². The minimum Gasteiger partial charge on any atom is -0.267 e. The number of carbonyl (C=O) groups is 1. The third-order valence-corrected chi connectivity index (χ3v) is 10.4. The second-order valence-corrected chi connectivity index (χ2v) is 13.6. The Morgan fingerprint density at radius 2 is 1.76 bits per heavy atom. The van der Waals surface area contributed by atoms with Crippen LogP contribution < -0.4 is 5.01 Å². The number of carbonyl (C=O) groups excluding carboxylic acids is 1. The first-order valence-electron chi connectivity index (χ1n) is 12.9. The fourth-order valence-corrected chi connectivity index (χ4v) is 7.56. The van der Waals surface area contributed by atoms with Crippen LogP contribution >= 0.6 is 27.3 Å². The lowest BCUT2D eigenvalue weighted by Gasteiger charge is -2.30. The first kappa shape index (κ1) is 29.0. The summed E-state index contributed by atoms with van der Waals surface area (Å²) in [5.41, 5.74) is 1.40. The fraction of sp³-hybridized carbons (Fsp3) is 0.250. The SMILES string of the molecule is CN(C1CCCCC1)S(=O)(=O)c1ccc(C(=O)N(/N=C/c2ccc([N+](=O)[O-])cc2)c2nc3ccc(Br)cc3s2)cc1. The fourth-order valence-electron chi connectivity index (χ4n) is 4.67. The molecule has 5 rings (SSSR count). The zero-order chi connectivity index (χ0) is 29.1. The van der Waals surface area contributed by atoms with E-state index in [1.165, 1.54) is 70.4 Å². The molecule has 1 aliphatic rings. The minimum absolute atomic E-state index is 0.0293. The normalized spacial score (nSPS) is 14.6. The molecule has 0 bridgehead atoms. The van der Waals surface area contributed by atoms with Gasteiger partial charge >= 0.3 is 0 Å². The van der Waals surface area contributed by atoms with Crippen LogP contribution in [0.2, 0.25) is 0 Å². The summed E-state index contributed by atoms with van der Waals surface area (Å²) < 4.78 is 29.7. The van der Waals surface area contributed by atoms with Crippen molar-refractivity contribution in [2.75, 3.05) is 12.1 Å². The maximum Gasteiger partial charge on any atom is 0.280 e. The predicted octanol–water partition coefficient (Wildman–Crippen LogP) is 6.60. The van der Waals surface area contributed by atoms with Gasteiger partial charge in [0.15, 0.2) is 0 Å². The van der Waals surface area contributed by atoms with Crippen molar-refractivity contribution >= 4 is 70.4 Å². The van der Waals surface area contributed by atoms with Gasteiger partial charge in [-0.15, -0.1) is 0 Å². The first-order chi connectivity index (χ1) is 19.6. The second kappa shape index (κ2) is 12.1. The number of non-ortho nitro benzene ring substituents is 1. The van der Waals surface area contributed by atoms with Crippen molar-refractivity contribution in [1.82, 2.24) is 9.29 Å². The number of anilines is 1. The van der Waals surface area contributed by atoms with E-state index in [0.717, 1.165) is 46.3 Å². The van der Waals surface area contributed by atoms with Crippen molar-refractivity contribution in [3.8, 4) is 0 Å². The summed E-state index contributed by atoms with van der Waals surface area (Å²) in [6.07, 6.45) is 6.24. The average Bonchev–Trinajstić information content (AvgIpc) is 3.40. The Labute approximate surface area is 249 Å². The first-order valence-corrected chi connectivity index (χ1v) is 16.0. The number of hydrogen-bond acceptors (Lipinski definition) is 8. The summed E-state index contributed by atoms with van der Waals surface area (Å²) in [5, 5.41) is 16.8. The van der Waals surface area contributed by atoms with Gasteiger partial charge in [-0.3, -0.25) is 14.9 Å². The molecule has 1 aromatic heterocycles. The Morgan fingerprint density at radius 1 is 1.07 bits per heavy atom. The van der Waals surface area contributed by atoms with Crippen LogP contribution in [0.15, 0.2) is 81.2 Å². The summed E-state index contributed by atoms with van der Waals surface area (Å²) in [6, 6.07) is 17.1. The van der Waals surface area contributed by atoms with Crippen molar-refractivity contribution < 1.29 is 18.1 Å². The van der Waals surface area contributed by atoms with E-state index in [0.29, 0.717) is 16.2 Å². The van der Waals surface area contributed by atoms with Gasteiger partial charge in [0.05, 0.1) is 26.3 Å². The van der Waals surface area contributed by atoms with Crippen molar-refractivity contribution in [3.05, 3.63) is 92.4 Å². The summed E-state index contributed by atoms with van der Waals surface area (Å²) in [5.74, 6) is -0.508. The van der Waals surface area contributed by atoms with Gasteiger partial charge in [0, 0.05) is 35.3 Å². The molecule has 0 spiro atoms. The van der Waals surface area contributed by atoms with E-state index >= 15 is 0 Å². The molecule has 10 nitrogen and oxygen atoms in total. The number of amides is 1. The molecule has 1 heterocycles. The van der Waals surface area contributed by atoms with Gasteiger partial charge in [0.25, 0.3) is 11.6 Å². The molecule has 0 N–H and O–H groups in total. The van der Waals surface area contributed by atoms with Crippen molar-refractivity contribution in [1.29, 1.82) is 0 Å². The molecule has 0 saturated heterocycles. The average molecular weight is 657 g/mol. The minimum atomic E-state index is -3.71. The molecule has 0 unspecified atom stereocenters. The van der Waals surface area contributed by atoms with Gasteiger partial charge < -0.3 is 0 Å². The molecule has 0 radical (unpaired) electrons. The summed E-state index contributed by atoms with van der Waals surface area (Å²) in [6.45, 7) is 0. The molecule has 0 aliphatic heterocycles. The molecular weight excluding hydrogens is 630 g/mol. The highest BCUT2D eigenvalue weighted by Gasteiger charge is 2.29. The van der Waals surface area contributed by atoms with Crippen LogP contribution in [0.25, 0.3) is 10.2 Å². The van der Waals surface area contributed by atoms with Crippen molar-refractivity contribution in [2.24, 2.45) is 5.10 Å². The molecule has 13 heteroatoms. The largest absolute Gasteiger partial charge is 0.280 e. The Balaban J connectivity index is 1.45. The molecular formula is C28H26BrN5O5S2. The van der Waals surface area contributed by atoms with Crippen LogP contribution in [0.5, 0.6) is 0 Å². The number of fused-ring (bicyclic) bond motifs is 1. The Hall–Kier alpha value is -3.52. The third kappa shape index (κ3) is 6.38. The molecule has 1 aliphatic carbocycles. The molecule has 1 saturated carbocycles. The van der Waals surface area contributed by atoms with E-state index in [2.05, 4.69) is 26.0 Å². The van der Waals surface area contributed by atoms with E-state index in [-0.39, 0.29) is 22.2 Å². The van der Waals surface area contributed by atoms with E-state index in [9.17, 15) is 23.3 Å². The number of halogens is 1. The summed E-state index contributed by atoms with van der Waals surface area (Å²) >= 11 is 4.72. The number of nitro groups is 1. The third-order valence-electron chi connectivity index (χ3n) is 7.01. The highest BCUT2D eigenvalue weighted by molar-refractivity contribution is 9.10. The highest BCUT2D eigenvalue weighted by atomic mass is 79.9. The molecule has 212 valence electrons. The topological polar surface area (TPSA) is 126 Å². The van der Waals surface area contributed by atoms with Gasteiger partial charge in [-0.2, -0.15) is 14.4 Å². The van der Waals surface area contributed by atoms with Crippen LogP contribution in [-0.4, -0.2) is 47.8 Å². The van der Waals surface area contributed by atoms with Crippen LogP contribution in [-0.2, 0) is 10.0 Å². The van der Waals surface area contributed by atoms with Crippen LogP contribution in [0.4, 0.5) is 10.8 Å². The lowest BCUT2D eigenvalue weighted by atomic mass is 9.96. The zero-order valence-corrected chi connectivity index (χ0v) is 25.2. The van der Waals surface area contributed by atoms with Crippen LogP contribution in [0.1, 0.15) is 48.0 Å². The molecule has 41 heavy (non-hydrogen) atoms. The Morgan fingerprint density at radius 3 is 2.41 bits per heavy atom. The zero-order valence-electron chi connectivity index (χ0n) is 22.0. The van der Waals surface area contributed by atoms with Gasteiger partial charge in [-0.25, -0.2) is 13.4 Å². The van der Waals surface area contributed by atoms with E-state index in [1.807, 2.05) is 18.2 Å². The lowest BCUT2D eigenvalue weighted by molar-refractivity contribution is -0.384. The molecule has 1 amide bonds. The highest BCUT2D eigenvalue weighted by Crippen LogP contribution is 2.32. The standard InChI is InChI=1S/C28H26BrN5O5S2/c1-32(22-5-3-2-4-6-22)41(38,39)24-14-9-20(10-15-24)27(35)33(28-31-25-16-11-21(29)17-26(25)40-28)30-18-19-7-12-23(13-8-19)34(36)37/h7-18,22H,2-6H2,1H3/b30-18+. The van der Waals surface area contributed by atoms with Crippen molar-refractivity contribution in [3.63, 3.8) is 0 Å². The van der Waals surface area contributed by atoms with E-state index in [1.54, 1.807) is 7.05 Å². The second-order valence-electron chi connectivity index (χ2n) is 9.66.